The van der Waals surface area contributed by atoms with Crippen molar-refractivity contribution in [3.05, 3.63) is 64.4 Å². The predicted octanol–water partition coefficient (Wildman–Crippen LogP) is 4.43. The predicted molar refractivity (Wildman–Crippen MR) is 96.9 cm³/mol. The van der Waals surface area contributed by atoms with Gasteiger partial charge in [-0.3, -0.25) is 5.41 Å². The molecule has 25 heavy (non-hydrogen) atoms. The van der Waals surface area contributed by atoms with E-state index in [4.69, 9.17) is 17.0 Å². The third-order valence-corrected chi connectivity index (χ3v) is 4.41. The lowest BCUT2D eigenvalue weighted by molar-refractivity contribution is 0.411. The number of H-pyrrole nitrogens is 1. The fourth-order valence-electron chi connectivity index (χ4n) is 2.98. The van der Waals surface area contributed by atoms with Gasteiger partial charge in [-0.15, -0.1) is 0 Å². The Morgan fingerprint density at radius 2 is 2.08 bits per heavy atom. The number of fused-ring (bicyclic) bond motifs is 1. The molecule has 0 amide bonds. The van der Waals surface area contributed by atoms with Crippen LogP contribution in [-0.4, -0.2) is 27.5 Å². The van der Waals surface area contributed by atoms with E-state index in [1.807, 2.05) is 25.1 Å². The van der Waals surface area contributed by atoms with E-state index in [0.29, 0.717) is 5.82 Å². The van der Waals surface area contributed by atoms with E-state index in [2.05, 4.69) is 9.97 Å². The number of anilines is 1. The van der Waals surface area contributed by atoms with Crippen LogP contribution in [0.4, 0.5) is 10.1 Å². The zero-order valence-corrected chi connectivity index (χ0v) is 14.0. The van der Waals surface area contributed by atoms with Gasteiger partial charge in [0.25, 0.3) is 0 Å². The SMILES string of the molecule is Cc1ccc2nc(C3=C(O)CN(c4ccc(Cl)cc4F)C3=N)[nH]c2c1. The minimum absolute atomic E-state index is 0.00277. The summed E-state index contributed by atoms with van der Waals surface area (Å²) >= 11 is 5.78. The molecule has 2 aromatic carbocycles. The van der Waals surface area contributed by atoms with Crippen molar-refractivity contribution in [2.24, 2.45) is 0 Å². The summed E-state index contributed by atoms with van der Waals surface area (Å²) in [6, 6.07) is 9.98. The van der Waals surface area contributed by atoms with E-state index < -0.39 is 5.82 Å². The van der Waals surface area contributed by atoms with Crippen molar-refractivity contribution < 1.29 is 9.50 Å². The molecule has 0 spiro atoms. The molecule has 0 radical (unpaired) electrons. The molecule has 0 fully saturated rings. The molecule has 0 aliphatic carbocycles. The highest BCUT2D eigenvalue weighted by Gasteiger charge is 2.32. The molecule has 1 aliphatic heterocycles. The van der Waals surface area contributed by atoms with Crippen LogP contribution in [-0.2, 0) is 0 Å². The molecule has 0 atom stereocenters. The van der Waals surface area contributed by atoms with Crippen molar-refractivity contribution >= 4 is 39.7 Å². The Labute approximate surface area is 147 Å². The summed E-state index contributed by atoms with van der Waals surface area (Å²) in [6.45, 7) is 1.97. The fraction of sp³-hybridized carbons (Fsp3) is 0.111. The molecular formula is C18H14ClFN4O. The lowest BCUT2D eigenvalue weighted by Crippen LogP contribution is -2.27. The molecule has 1 aromatic heterocycles. The molecular weight excluding hydrogens is 343 g/mol. The highest BCUT2D eigenvalue weighted by molar-refractivity contribution is 6.31. The van der Waals surface area contributed by atoms with E-state index in [1.54, 1.807) is 6.07 Å². The Morgan fingerprint density at radius 1 is 1.28 bits per heavy atom. The summed E-state index contributed by atoms with van der Waals surface area (Å²) in [5.74, 6) is -0.212. The van der Waals surface area contributed by atoms with Crippen LogP contribution in [0.1, 0.15) is 11.4 Å². The Bertz CT molecular complexity index is 1060. The molecule has 0 saturated carbocycles. The number of nitrogens with one attached hydrogen (secondary N) is 2. The molecule has 7 heteroatoms. The van der Waals surface area contributed by atoms with Gasteiger partial charge < -0.3 is 15.0 Å². The smallest absolute Gasteiger partial charge is 0.148 e. The number of hydrogen-bond donors (Lipinski definition) is 3. The highest BCUT2D eigenvalue weighted by atomic mass is 35.5. The lowest BCUT2D eigenvalue weighted by atomic mass is 10.2. The third-order valence-electron chi connectivity index (χ3n) is 4.18. The minimum atomic E-state index is -0.550. The number of benzene rings is 2. The van der Waals surface area contributed by atoms with Crippen molar-refractivity contribution in [1.29, 1.82) is 5.41 Å². The van der Waals surface area contributed by atoms with Gasteiger partial charge in [-0.2, -0.15) is 0 Å². The Hall–Kier alpha value is -2.86. The monoisotopic (exact) mass is 356 g/mol. The molecule has 1 aliphatic rings. The fourth-order valence-corrected chi connectivity index (χ4v) is 3.13. The van der Waals surface area contributed by atoms with E-state index >= 15 is 0 Å². The zero-order chi connectivity index (χ0) is 17.7. The topological polar surface area (TPSA) is 76.0 Å². The summed E-state index contributed by atoms with van der Waals surface area (Å²) in [5.41, 5.74) is 3.09. The standard InChI is InChI=1S/C18H14ClFN4O/c1-9-2-4-12-13(6-9)23-18(22-12)16-15(25)8-24(17(16)21)14-5-3-10(19)7-11(14)20/h2-7,21,25H,8H2,1H3,(H,22,23). The minimum Gasteiger partial charge on any atom is -0.509 e. The van der Waals surface area contributed by atoms with Crippen molar-refractivity contribution in [3.8, 4) is 0 Å². The van der Waals surface area contributed by atoms with Gasteiger partial charge in [0.15, 0.2) is 0 Å². The first kappa shape index (κ1) is 15.7. The van der Waals surface area contributed by atoms with Gasteiger partial charge in [0, 0.05) is 5.02 Å². The summed E-state index contributed by atoms with van der Waals surface area (Å²) in [7, 11) is 0. The van der Waals surface area contributed by atoms with Crippen molar-refractivity contribution in [2.45, 2.75) is 6.92 Å². The zero-order valence-electron chi connectivity index (χ0n) is 13.3. The summed E-state index contributed by atoms with van der Waals surface area (Å²) in [4.78, 5) is 8.95. The number of aromatic nitrogens is 2. The summed E-state index contributed by atoms with van der Waals surface area (Å²) in [6.07, 6.45) is 0. The molecule has 4 rings (SSSR count). The average Bonchev–Trinajstić information content (AvgIpc) is 3.07. The first-order valence-electron chi connectivity index (χ1n) is 7.64. The number of aryl methyl sites for hydroxylation is 1. The Morgan fingerprint density at radius 3 is 2.84 bits per heavy atom. The first-order chi connectivity index (χ1) is 11.9. The molecule has 0 saturated heterocycles. The molecule has 126 valence electrons. The Balaban J connectivity index is 1.75. The van der Waals surface area contributed by atoms with Gasteiger partial charge in [-0.25, -0.2) is 9.37 Å². The van der Waals surface area contributed by atoms with Gasteiger partial charge in [-0.05, 0) is 42.8 Å². The van der Waals surface area contributed by atoms with Crippen LogP contribution in [0.5, 0.6) is 0 Å². The number of nitrogens with zero attached hydrogens (tertiary/aromatic N) is 2. The average molecular weight is 357 g/mol. The number of aromatic amines is 1. The van der Waals surface area contributed by atoms with Crippen molar-refractivity contribution in [1.82, 2.24) is 9.97 Å². The number of amidine groups is 1. The van der Waals surface area contributed by atoms with Crippen LogP contribution in [0.25, 0.3) is 16.6 Å². The largest absolute Gasteiger partial charge is 0.509 e. The molecule has 2 heterocycles. The summed E-state index contributed by atoms with van der Waals surface area (Å²) < 4.78 is 14.2. The number of rotatable bonds is 2. The van der Waals surface area contributed by atoms with Gasteiger partial charge in [0.1, 0.15) is 23.2 Å². The second-order valence-electron chi connectivity index (χ2n) is 5.96. The van der Waals surface area contributed by atoms with Crippen LogP contribution in [0.2, 0.25) is 5.02 Å². The third kappa shape index (κ3) is 2.55. The maximum Gasteiger partial charge on any atom is 0.148 e. The lowest BCUT2D eigenvalue weighted by Gasteiger charge is -2.19. The first-order valence-corrected chi connectivity index (χ1v) is 8.02. The maximum atomic E-state index is 14.2. The number of imidazole rings is 1. The van der Waals surface area contributed by atoms with E-state index in [0.717, 1.165) is 16.6 Å². The van der Waals surface area contributed by atoms with Crippen LogP contribution in [0.3, 0.4) is 0 Å². The second-order valence-corrected chi connectivity index (χ2v) is 6.39. The van der Waals surface area contributed by atoms with Crippen LogP contribution in [0, 0.1) is 18.2 Å². The van der Waals surface area contributed by atoms with Gasteiger partial charge in [0.2, 0.25) is 0 Å². The van der Waals surface area contributed by atoms with Crippen LogP contribution < -0.4 is 4.90 Å². The van der Waals surface area contributed by atoms with Crippen molar-refractivity contribution in [3.63, 3.8) is 0 Å². The normalized spacial score (nSPS) is 14.8. The molecule has 0 bridgehead atoms. The van der Waals surface area contributed by atoms with E-state index in [9.17, 15) is 9.50 Å². The second kappa shape index (κ2) is 5.60. The number of aliphatic hydroxyl groups excluding tert-OH is 1. The number of aliphatic hydroxyl groups is 1. The van der Waals surface area contributed by atoms with E-state index in [1.165, 1.54) is 17.0 Å². The van der Waals surface area contributed by atoms with Crippen LogP contribution in [0.15, 0.2) is 42.2 Å². The maximum absolute atomic E-state index is 14.2. The van der Waals surface area contributed by atoms with Gasteiger partial charge >= 0.3 is 0 Å². The van der Waals surface area contributed by atoms with Crippen molar-refractivity contribution in [2.75, 3.05) is 11.4 Å². The van der Waals surface area contributed by atoms with Gasteiger partial charge in [0.05, 0.1) is 28.8 Å². The summed E-state index contributed by atoms with van der Waals surface area (Å²) in [5, 5.41) is 19.0. The Kier molecular flexibility index (Phi) is 3.51. The molecule has 3 aromatic rings. The van der Waals surface area contributed by atoms with Gasteiger partial charge in [-0.1, -0.05) is 17.7 Å². The highest BCUT2D eigenvalue weighted by Crippen LogP contribution is 2.33. The molecule has 0 unspecified atom stereocenters. The molecule has 3 N–H and O–H groups in total. The van der Waals surface area contributed by atoms with Crippen LogP contribution >= 0.6 is 11.6 Å². The van der Waals surface area contributed by atoms with E-state index in [-0.39, 0.29) is 34.4 Å². The molecule has 5 nitrogen and oxygen atoms in total. The quantitative estimate of drug-likeness (QED) is 0.635. The number of halogens is 2. The number of hydrogen-bond acceptors (Lipinski definition) is 3.